The van der Waals surface area contributed by atoms with Crippen LogP contribution in [0.15, 0.2) is 54.6 Å². The molecule has 4 aromatic rings. The summed E-state index contributed by atoms with van der Waals surface area (Å²) in [5.74, 6) is 0.838. The zero-order valence-electron chi connectivity index (χ0n) is 22.6. The summed E-state index contributed by atoms with van der Waals surface area (Å²) in [5.41, 5.74) is 4.03. The number of likely N-dealkylation sites (tertiary alicyclic amines) is 1. The van der Waals surface area contributed by atoms with Crippen molar-refractivity contribution < 1.29 is 23.8 Å². The van der Waals surface area contributed by atoms with Gasteiger partial charge in [0.1, 0.15) is 29.5 Å². The van der Waals surface area contributed by atoms with Crippen LogP contribution in [0.25, 0.3) is 11.2 Å². The van der Waals surface area contributed by atoms with Gasteiger partial charge in [0.25, 0.3) is 0 Å². The Labute approximate surface area is 236 Å². The molecule has 2 atom stereocenters. The predicted octanol–water partition coefficient (Wildman–Crippen LogP) is 4.98. The minimum absolute atomic E-state index is 0.0173. The van der Waals surface area contributed by atoms with Crippen LogP contribution in [0.1, 0.15) is 58.7 Å². The van der Waals surface area contributed by atoms with Crippen molar-refractivity contribution in [3.8, 4) is 5.75 Å². The number of nitrogens with zero attached hydrogens (tertiary/aromatic N) is 4. The molecule has 3 aliphatic rings. The van der Waals surface area contributed by atoms with Crippen LogP contribution in [0, 0.1) is 5.82 Å². The molecule has 0 radical (unpaired) electrons. The standard InChI is InChI=1S/C31H32FN5O4/c32-23-6-2-1-4-22(23)27-18-41-29-21(5-3-7-24(29)33-27)19-10-13-36(14-11-19)17-28-34-25-8-9-26(31(38)39)35-30(25)37(28)16-20-12-15-40-20/h1-9,19-20,27,33H,10-18H2,(H,38,39)/t20-,27?/m0/s1. The van der Waals surface area contributed by atoms with Crippen molar-refractivity contribution in [2.75, 3.05) is 31.6 Å². The number of imidazole rings is 1. The number of benzene rings is 2. The number of piperidine rings is 1. The Morgan fingerprint density at radius 1 is 1.02 bits per heavy atom. The first kappa shape index (κ1) is 25.9. The van der Waals surface area contributed by atoms with E-state index in [4.69, 9.17) is 14.5 Å². The van der Waals surface area contributed by atoms with Crippen molar-refractivity contribution in [1.29, 1.82) is 0 Å². The molecule has 0 spiro atoms. The molecule has 0 saturated carbocycles. The maximum absolute atomic E-state index is 14.4. The number of carboxylic acid groups (broad SMARTS) is 1. The van der Waals surface area contributed by atoms with Crippen molar-refractivity contribution >= 4 is 22.8 Å². The van der Waals surface area contributed by atoms with E-state index in [1.54, 1.807) is 18.2 Å². The third kappa shape index (κ3) is 5.02. The van der Waals surface area contributed by atoms with E-state index in [2.05, 4.69) is 21.3 Å². The Morgan fingerprint density at radius 2 is 1.83 bits per heavy atom. The molecule has 2 saturated heterocycles. The van der Waals surface area contributed by atoms with E-state index in [1.807, 2.05) is 22.8 Å². The van der Waals surface area contributed by atoms with E-state index < -0.39 is 5.97 Å². The van der Waals surface area contributed by atoms with Gasteiger partial charge in [-0.3, -0.25) is 4.90 Å². The smallest absolute Gasteiger partial charge is 0.354 e. The second kappa shape index (κ2) is 10.8. The van der Waals surface area contributed by atoms with Crippen LogP contribution < -0.4 is 10.1 Å². The van der Waals surface area contributed by atoms with Gasteiger partial charge in [0.15, 0.2) is 11.3 Å². The van der Waals surface area contributed by atoms with Crippen LogP contribution in [0.2, 0.25) is 0 Å². The Bertz CT molecular complexity index is 1590. The summed E-state index contributed by atoms with van der Waals surface area (Å²) in [6.07, 6.45) is 3.03. The lowest BCUT2D eigenvalue weighted by Gasteiger charge is -2.35. The van der Waals surface area contributed by atoms with E-state index in [0.717, 1.165) is 56.2 Å². The number of pyridine rings is 1. The lowest BCUT2D eigenvalue weighted by Crippen LogP contribution is -2.35. The summed E-state index contributed by atoms with van der Waals surface area (Å²) >= 11 is 0. The van der Waals surface area contributed by atoms with Crippen molar-refractivity contribution in [2.24, 2.45) is 0 Å². The third-order valence-electron chi connectivity index (χ3n) is 8.51. The van der Waals surface area contributed by atoms with Gasteiger partial charge in [-0.15, -0.1) is 0 Å². The molecule has 2 N–H and O–H groups in total. The number of carboxylic acids is 1. The largest absolute Gasteiger partial charge is 0.489 e. The van der Waals surface area contributed by atoms with Gasteiger partial charge in [-0.1, -0.05) is 30.3 Å². The summed E-state index contributed by atoms with van der Waals surface area (Å²) in [6, 6.07) is 16.0. The summed E-state index contributed by atoms with van der Waals surface area (Å²) in [4.78, 5) is 23.2. The van der Waals surface area contributed by atoms with Crippen LogP contribution in [0.5, 0.6) is 5.75 Å². The second-order valence-electron chi connectivity index (χ2n) is 11.1. The first-order chi connectivity index (χ1) is 20.0. The summed E-state index contributed by atoms with van der Waals surface area (Å²) in [7, 11) is 0. The molecule has 7 rings (SSSR count). The van der Waals surface area contributed by atoms with Crippen molar-refractivity contribution in [3.05, 3.63) is 83.1 Å². The number of hydrogen-bond donors (Lipinski definition) is 2. The highest BCUT2D eigenvalue weighted by Crippen LogP contribution is 2.43. The number of nitrogens with one attached hydrogen (secondary N) is 1. The van der Waals surface area contributed by atoms with Gasteiger partial charge in [-0.05, 0) is 68.1 Å². The number of aromatic nitrogens is 3. The van der Waals surface area contributed by atoms with Gasteiger partial charge >= 0.3 is 5.97 Å². The molecule has 41 heavy (non-hydrogen) atoms. The molecule has 3 aliphatic heterocycles. The molecule has 10 heteroatoms. The summed E-state index contributed by atoms with van der Waals surface area (Å²) in [5, 5.41) is 12.9. The predicted molar refractivity (Wildman–Crippen MR) is 151 cm³/mol. The summed E-state index contributed by atoms with van der Waals surface area (Å²) < 4.78 is 28.4. The number of para-hydroxylation sites is 1. The number of halogens is 1. The van der Waals surface area contributed by atoms with Crippen molar-refractivity contribution in [2.45, 2.75) is 50.4 Å². The highest BCUT2D eigenvalue weighted by Gasteiger charge is 2.30. The number of rotatable bonds is 7. The highest BCUT2D eigenvalue weighted by atomic mass is 19.1. The van der Waals surface area contributed by atoms with Gasteiger partial charge in [0.2, 0.25) is 0 Å². The average molecular weight is 558 g/mol. The number of hydrogen-bond acceptors (Lipinski definition) is 7. The molecule has 9 nitrogen and oxygen atoms in total. The highest BCUT2D eigenvalue weighted by molar-refractivity contribution is 5.88. The third-order valence-corrected chi connectivity index (χ3v) is 8.51. The SMILES string of the molecule is O=C(O)c1ccc2nc(CN3CCC(c4cccc5c4OCC(c4ccccc4F)N5)CC3)n(C[C@@H]3CCO3)c2n1. The number of anilines is 1. The molecule has 5 heterocycles. The van der Waals surface area contributed by atoms with Gasteiger partial charge in [-0.2, -0.15) is 0 Å². The van der Waals surface area contributed by atoms with Crippen LogP contribution in [0.3, 0.4) is 0 Å². The zero-order chi connectivity index (χ0) is 27.9. The van der Waals surface area contributed by atoms with Gasteiger partial charge in [0.05, 0.1) is 30.9 Å². The molecule has 2 aromatic carbocycles. The molecule has 2 aromatic heterocycles. The molecule has 0 bridgehead atoms. The molecule has 0 amide bonds. The maximum Gasteiger partial charge on any atom is 0.354 e. The minimum Gasteiger partial charge on any atom is -0.489 e. The lowest BCUT2D eigenvalue weighted by atomic mass is 9.88. The minimum atomic E-state index is -1.05. The summed E-state index contributed by atoms with van der Waals surface area (Å²) in [6.45, 7) is 4.20. The topological polar surface area (TPSA) is 102 Å². The van der Waals surface area contributed by atoms with E-state index in [9.17, 15) is 14.3 Å². The van der Waals surface area contributed by atoms with Crippen molar-refractivity contribution in [3.63, 3.8) is 0 Å². The monoisotopic (exact) mass is 557 g/mol. The zero-order valence-corrected chi connectivity index (χ0v) is 22.6. The maximum atomic E-state index is 14.4. The fraction of sp³-hybridized carbons (Fsp3) is 0.387. The van der Waals surface area contributed by atoms with Crippen LogP contribution in [0.4, 0.5) is 10.1 Å². The Kier molecular flexibility index (Phi) is 6.80. The van der Waals surface area contributed by atoms with Crippen LogP contribution >= 0.6 is 0 Å². The van der Waals surface area contributed by atoms with Crippen LogP contribution in [-0.4, -0.2) is 62.9 Å². The van der Waals surface area contributed by atoms with Gasteiger partial charge in [0, 0.05) is 12.2 Å². The van der Waals surface area contributed by atoms with Crippen molar-refractivity contribution in [1.82, 2.24) is 19.4 Å². The molecular formula is C31H32FN5O4. The van der Waals surface area contributed by atoms with Gasteiger partial charge < -0.3 is 24.5 Å². The Balaban J connectivity index is 1.06. The average Bonchev–Trinajstić information content (AvgIpc) is 3.30. The first-order valence-electron chi connectivity index (χ1n) is 14.2. The van der Waals surface area contributed by atoms with E-state index in [1.165, 1.54) is 17.7 Å². The number of aromatic carboxylic acids is 1. The van der Waals surface area contributed by atoms with E-state index in [0.29, 0.717) is 42.3 Å². The number of ether oxygens (including phenoxy) is 2. The second-order valence-corrected chi connectivity index (χ2v) is 11.1. The quantitative estimate of drug-likeness (QED) is 0.328. The van der Waals surface area contributed by atoms with Crippen LogP contribution in [-0.2, 0) is 17.8 Å². The number of fused-ring (bicyclic) bond motifs is 2. The lowest BCUT2D eigenvalue weighted by molar-refractivity contribution is -0.0593. The molecular weight excluding hydrogens is 525 g/mol. The molecule has 1 unspecified atom stereocenters. The Morgan fingerprint density at radius 3 is 2.59 bits per heavy atom. The normalized spacial score (nSPS) is 21.1. The first-order valence-corrected chi connectivity index (χ1v) is 14.2. The Hall–Kier alpha value is -4.02. The molecule has 2 fully saturated rings. The fourth-order valence-corrected chi connectivity index (χ4v) is 6.19. The number of carbonyl (C=O) groups is 1. The fourth-order valence-electron chi connectivity index (χ4n) is 6.19. The molecule has 212 valence electrons. The van der Waals surface area contributed by atoms with Gasteiger partial charge in [-0.25, -0.2) is 19.2 Å². The van der Waals surface area contributed by atoms with E-state index >= 15 is 0 Å². The van der Waals surface area contributed by atoms with E-state index in [-0.39, 0.29) is 23.7 Å². The molecule has 0 aliphatic carbocycles.